The van der Waals surface area contributed by atoms with Gasteiger partial charge in [-0.1, -0.05) is 60.7 Å². The molecule has 8 rings (SSSR count). The minimum absolute atomic E-state index is 0.926. The Kier molecular flexibility index (Phi) is 4.42. The molecule has 0 saturated carbocycles. The number of hydrogen-bond donors (Lipinski definition) is 0. The number of rotatable bonds is 3. The molecule has 0 spiro atoms. The molecule has 0 fully saturated rings. The lowest BCUT2D eigenvalue weighted by Crippen LogP contribution is -2.09. The van der Waals surface area contributed by atoms with Crippen molar-refractivity contribution in [2.45, 2.75) is 0 Å². The summed E-state index contributed by atoms with van der Waals surface area (Å²) in [4.78, 5) is 2.35. The first kappa shape index (κ1) is 20.6. The highest BCUT2D eigenvalue weighted by Crippen LogP contribution is 2.41. The van der Waals surface area contributed by atoms with Crippen LogP contribution in [0, 0.1) is 0 Å². The molecule has 0 saturated heterocycles. The molecular formula is C34H21NOS. The third kappa shape index (κ3) is 3.25. The number of thiophene rings is 1. The van der Waals surface area contributed by atoms with E-state index in [0.29, 0.717) is 0 Å². The predicted molar refractivity (Wildman–Crippen MR) is 159 cm³/mol. The summed E-state index contributed by atoms with van der Waals surface area (Å²) < 4.78 is 8.77. The van der Waals surface area contributed by atoms with E-state index in [1.807, 2.05) is 23.5 Å². The minimum atomic E-state index is 0.926. The third-order valence-electron chi connectivity index (χ3n) is 7.21. The third-order valence-corrected chi connectivity index (χ3v) is 8.36. The Morgan fingerprint density at radius 2 is 1.16 bits per heavy atom. The zero-order valence-corrected chi connectivity index (χ0v) is 20.7. The Morgan fingerprint density at radius 1 is 0.432 bits per heavy atom. The normalized spacial score (nSPS) is 11.8. The summed E-state index contributed by atoms with van der Waals surface area (Å²) in [6.45, 7) is 0. The van der Waals surface area contributed by atoms with Crippen LogP contribution in [-0.4, -0.2) is 0 Å². The van der Waals surface area contributed by atoms with Gasteiger partial charge in [-0.05, 0) is 77.5 Å². The maximum atomic E-state index is 6.14. The van der Waals surface area contributed by atoms with E-state index in [-0.39, 0.29) is 0 Å². The fraction of sp³-hybridized carbons (Fsp3) is 0. The zero-order chi connectivity index (χ0) is 24.3. The molecule has 3 heteroatoms. The maximum absolute atomic E-state index is 6.14. The summed E-state index contributed by atoms with van der Waals surface area (Å²) in [5.41, 5.74) is 5.27. The van der Waals surface area contributed by atoms with Gasteiger partial charge in [-0.25, -0.2) is 0 Å². The van der Waals surface area contributed by atoms with Gasteiger partial charge in [0.15, 0.2) is 0 Å². The highest BCUT2D eigenvalue weighted by atomic mass is 32.1. The molecule has 0 unspecified atom stereocenters. The highest BCUT2D eigenvalue weighted by Gasteiger charge is 2.16. The summed E-state index contributed by atoms with van der Waals surface area (Å²) >= 11 is 1.85. The number of anilines is 3. The van der Waals surface area contributed by atoms with Gasteiger partial charge >= 0.3 is 0 Å². The molecule has 0 atom stereocenters. The zero-order valence-electron chi connectivity index (χ0n) is 19.9. The first-order chi connectivity index (χ1) is 18.3. The van der Waals surface area contributed by atoms with Gasteiger partial charge in [-0.3, -0.25) is 0 Å². The average molecular weight is 492 g/mol. The number of furan rings is 1. The Labute approximate surface area is 217 Å². The summed E-state index contributed by atoms with van der Waals surface area (Å²) in [5, 5.41) is 7.27. The van der Waals surface area contributed by atoms with Crippen LogP contribution in [0.2, 0.25) is 0 Å². The van der Waals surface area contributed by atoms with Gasteiger partial charge in [0.2, 0.25) is 0 Å². The largest absolute Gasteiger partial charge is 0.456 e. The van der Waals surface area contributed by atoms with E-state index in [2.05, 4.69) is 120 Å². The van der Waals surface area contributed by atoms with Gasteiger partial charge in [0.25, 0.3) is 0 Å². The van der Waals surface area contributed by atoms with Crippen LogP contribution in [-0.2, 0) is 0 Å². The van der Waals surface area contributed by atoms with Crippen LogP contribution in [0.1, 0.15) is 0 Å². The Morgan fingerprint density at radius 3 is 2.08 bits per heavy atom. The monoisotopic (exact) mass is 491 g/mol. The molecule has 0 bridgehead atoms. The first-order valence-electron chi connectivity index (χ1n) is 12.4. The van der Waals surface area contributed by atoms with Crippen molar-refractivity contribution in [2.75, 3.05) is 4.90 Å². The molecule has 0 aliphatic heterocycles. The van der Waals surface area contributed by atoms with E-state index in [1.54, 1.807) is 0 Å². The van der Waals surface area contributed by atoms with E-state index >= 15 is 0 Å². The fourth-order valence-electron chi connectivity index (χ4n) is 5.47. The first-order valence-corrected chi connectivity index (χ1v) is 13.2. The molecule has 6 aromatic carbocycles. The molecule has 0 amide bonds. The van der Waals surface area contributed by atoms with Crippen molar-refractivity contribution in [1.82, 2.24) is 0 Å². The lowest BCUT2D eigenvalue weighted by molar-refractivity contribution is 0.669. The lowest BCUT2D eigenvalue weighted by atomic mass is 10.0. The number of fused-ring (bicyclic) bond motifs is 7. The van der Waals surface area contributed by atoms with E-state index in [1.165, 1.54) is 30.9 Å². The van der Waals surface area contributed by atoms with Crippen molar-refractivity contribution >= 4 is 81.3 Å². The Hall–Kier alpha value is -4.60. The van der Waals surface area contributed by atoms with Crippen LogP contribution in [0.15, 0.2) is 132 Å². The standard InChI is InChI=1S/C34H21NOS/c1-2-8-24(9-3-1)35(26-16-17-34-30(21-26)28-11-5-7-13-33(28)37-34)25-15-14-22-20-32-29(19-23(22)18-25)27-10-4-6-12-31(27)36-32/h1-21H. The van der Waals surface area contributed by atoms with E-state index < -0.39 is 0 Å². The van der Waals surface area contributed by atoms with Crippen LogP contribution in [0.5, 0.6) is 0 Å². The molecule has 37 heavy (non-hydrogen) atoms. The second-order valence-electron chi connectivity index (χ2n) is 9.43. The fourth-order valence-corrected chi connectivity index (χ4v) is 6.56. The number of nitrogens with zero attached hydrogens (tertiary/aromatic N) is 1. The van der Waals surface area contributed by atoms with Gasteiger partial charge in [-0.2, -0.15) is 0 Å². The smallest absolute Gasteiger partial charge is 0.136 e. The molecule has 0 aliphatic carbocycles. The van der Waals surface area contributed by atoms with E-state index in [9.17, 15) is 0 Å². The van der Waals surface area contributed by atoms with Gasteiger partial charge in [-0.15, -0.1) is 11.3 Å². The molecule has 8 aromatic rings. The summed E-state index contributed by atoms with van der Waals surface area (Å²) in [6.07, 6.45) is 0. The van der Waals surface area contributed by atoms with Crippen molar-refractivity contribution in [3.05, 3.63) is 127 Å². The van der Waals surface area contributed by atoms with Crippen LogP contribution in [0.3, 0.4) is 0 Å². The molecule has 2 aromatic heterocycles. The van der Waals surface area contributed by atoms with Crippen molar-refractivity contribution in [2.24, 2.45) is 0 Å². The number of hydrogen-bond acceptors (Lipinski definition) is 3. The molecular weight excluding hydrogens is 470 g/mol. The minimum Gasteiger partial charge on any atom is -0.456 e. The topological polar surface area (TPSA) is 16.4 Å². The van der Waals surface area contributed by atoms with Crippen molar-refractivity contribution < 1.29 is 4.42 Å². The van der Waals surface area contributed by atoms with Gasteiger partial charge in [0, 0.05) is 48.0 Å². The predicted octanol–water partition coefficient (Wildman–Crippen LogP) is 10.6. The Balaban J connectivity index is 1.35. The maximum Gasteiger partial charge on any atom is 0.136 e. The van der Waals surface area contributed by atoms with Crippen LogP contribution >= 0.6 is 11.3 Å². The van der Waals surface area contributed by atoms with E-state index in [0.717, 1.165) is 39.0 Å². The molecule has 0 radical (unpaired) electrons. The van der Waals surface area contributed by atoms with Crippen LogP contribution < -0.4 is 4.90 Å². The molecule has 0 aliphatic rings. The quantitative estimate of drug-likeness (QED) is 0.244. The summed E-state index contributed by atoms with van der Waals surface area (Å²) in [6, 6.07) is 45.5. The molecule has 0 N–H and O–H groups in total. The summed E-state index contributed by atoms with van der Waals surface area (Å²) in [5.74, 6) is 0. The van der Waals surface area contributed by atoms with Crippen LogP contribution in [0.25, 0.3) is 52.9 Å². The van der Waals surface area contributed by atoms with Crippen molar-refractivity contribution in [3.63, 3.8) is 0 Å². The second kappa shape index (κ2) is 7.95. The van der Waals surface area contributed by atoms with Crippen molar-refractivity contribution in [1.29, 1.82) is 0 Å². The molecule has 2 nitrogen and oxygen atoms in total. The molecule has 2 heterocycles. The highest BCUT2D eigenvalue weighted by molar-refractivity contribution is 7.25. The van der Waals surface area contributed by atoms with Gasteiger partial charge in [0.05, 0.1) is 0 Å². The number of benzene rings is 6. The number of para-hydroxylation sites is 2. The van der Waals surface area contributed by atoms with Gasteiger partial charge in [0.1, 0.15) is 11.2 Å². The molecule has 174 valence electrons. The van der Waals surface area contributed by atoms with Crippen LogP contribution in [0.4, 0.5) is 17.1 Å². The summed E-state index contributed by atoms with van der Waals surface area (Å²) in [7, 11) is 0. The van der Waals surface area contributed by atoms with E-state index in [4.69, 9.17) is 4.42 Å². The average Bonchev–Trinajstić information content (AvgIpc) is 3.50. The van der Waals surface area contributed by atoms with Crippen molar-refractivity contribution in [3.8, 4) is 0 Å². The Bertz CT molecular complexity index is 2100. The second-order valence-corrected chi connectivity index (χ2v) is 10.5. The SMILES string of the molecule is c1ccc(N(c2ccc3cc4oc5ccccc5c4cc3c2)c2ccc3sc4ccccc4c3c2)cc1. The lowest BCUT2D eigenvalue weighted by Gasteiger charge is -2.26. The van der Waals surface area contributed by atoms with Gasteiger partial charge < -0.3 is 9.32 Å².